The Morgan fingerprint density at radius 1 is 1.30 bits per heavy atom. The van der Waals surface area contributed by atoms with Crippen LogP contribution in [0.25, 0.3) is 4.83 Å². The van der Waals surface area contributed by atoms with Crippen molar-refractivity contribution >= 4 is 22.1 Å². The fraction of sp³-hybridized carbons (Fsp3) is 0.579. The number of carbonyl (C=O) groups is 1. The van der Waals surface area contributed by atoms with Gasteiger partial charge in [0, 0.05) is 37.0 Å². The highest BCUT2D eigenvalue weighted by atomic mass is 32.1. The number of amides is 1. The van der Waals surface area contributed by atoms with Crippen LogP contribution in [0.4, 0.5) is 0 Å². The number of rotatable bonds is 4. The van der Waals surface area contributed by atoms with E-state index in [0.29, 0.717) is 12.3 Å². The first-order valence-electron chi connectivity index (χ1n) is 9.53. The van der Waals surface area contributed by atoms with Gasteiger partial charge < -0.3 is 4.90 Å². The van der Waals surface area contributed by atoms with E-state index in [1.165, 1.54) is 4.83 Å². The minimum Gasteiger partial charge on any atom is -0.342 e. The predicted molar refractivity (Wildman–Crippen MR) is 105 cm³/mol. The van der Waals surface area contributed by atoms with Crippen molar-refractivity contribution in [1.82, 2.24) is 29.0 Å². The second kappa shape index (κ2) is 7.07. The standard InChI is InChI=1S/C19H26N6OS/c1-12(25-15(4)20-13(2)22-25)10-17(26)23-7-5-6-16(11-23)18-19-24(8-9-27-19)14(3)21-18/h8-9,12,16H,5-7,10-11H2,1-4H3/t12-,16-/m0/s1. The van der Waals surface area contributed by atoms with Crippen LogP contribution in [-0.2, 0) is 4.79 Å². The van der Waals surface area contributed by atoms with Gasteiger partial charge in [-0.05, 0) is 40.5 Å². The Hall–Kier alpha value is -2.22. The summed E-state index contributed by atoms with van der Waals surface area (Å²) >= 11 is 1.73. The molecule has 0 N–H and O–H groups in total. The van der Waals surface area contributed by atoms with E-state index in [1.54, 1.807) is 11.3 Å². The van der Waals surface area contributed by atoms with Gasteiger partial charge in [0.15, 0.2) is 0 Å². The molecule has 4 rings (SSSR count). The monoisotopic (exact) mass is 386 g/mol. The molecule has 0 saturated carbocycles. The van der Waals surface area contributed by atoms with Crippen molar-refractivity contribution in [3.63, 3.8) is 0 Å². The molecular formula is C19H26N6OS. The molecule has 0 aromatic carbocycles. The van der Waals surface area contributed by atoms with Gasteiger partial charge in [-0.2, -0.15) is 5.10 Å². The lowest BCUT2D eigenvalue weighted by atomic mass is 9.95. The molecule has 1 fully saturated rings. The molecule has 0 spiro atoms. The lowest BCUT2D eigenvalue weighted by Crippen LogP contribution is -2.40. The van der Waals surface area contributed by atoms with Crippen LogP contribution in [0.5, 0.6) is 0 Å². The van der Waals surface area contributed by atoms with Crippen molar-refractivity contribution < 1.29 is 4.79 Å². The summed E-state index contributed by atoms with van der Waals surface area (Å²) in [6.45, 7) is 9.48. The van der Waals surface area contributed by atoms with E-state index in [1.807, 2.05) is 37.3 Å². The Kier molecular flexibility index (Phi) is 4.75. The van der Waals surface area contributed by atoms with Crippen LogP contribution < -0.4 is 0 Å². The largest absolute Gasteiger partial charge is 0.342 e. The van der Waals surface area contributed by atoms with Gasteiger partial charge in [-0.15, -0.1) is 11.3 Å². The second-order valence-corrected chi connectivity index (χ2v) is 8.40. The molecule has 0 unspecified atom stereocenters. The number of hydrogen-bond donors (Lipinski definition) is 0. The first kappa shape index (κ1) is 18.2. The predicted octanol–water partition coefficient (Wildman–Crippen LogP) is 3.27. The molecule has 0 bridgehead atoms. The number of aromatic nitrogens is 5. The zero-order valence-corrected chi connectivity index (χ0v) is 17.2. The second-order valence-electron chi connectivity index (χ2n) is 7.51. The third kappa shape index (κ3) is 3.38. The maximum Gasteiger partial charge on any atom is 0.224 e. The van der Waals surface area contributed by atoms with Crippen molar-refractivity contribution in [3.8, 4) is 0 Å². The molecule has 1 saturated heterocycles. The first-order chi connectivity index (χ1) is 12.9. The molecule has 27 heavy (non-hydrogen) atoms. The number of imidazole rings is 1. The molecule has 3 aromatic heterocycles. The maximum atomic E-state index is 12.9. The third-order valence-electron chi connectivity index (χ3n) is 5.41. The number of fused-ring (bicyclic) bond motifs is 1. The van der Waals surface area contributed by atoms with Crippen LogP contribution in [0, 0.1) is 20.8 Å². The molecule has 144 valence electrons. The Morgan fingerprint density at radius 2 is 2.11 bits per heavy atom. The van der Waals surface area contributed by atoms with Crippen LogP contribution >= 0.6 is 11.3 Å². The molecule has 0 radical (unpaired) electrons. The van der Waals surface area contributed by atoms with Crippen molar-refractivity contribution in [1.29, 1.82) is 0 Å². The van der Waals surface area contributed by atoms with E-state index >= 15 is 0 Å². The van der Waals surface area contributed by atoms with E-state index in [2.05, 4.69) is 26.1 Å². The zero-order valence-electron chi connectivity index (χ0n) is 16.3. The number of piperidine rings is 1. The fourth-order valence-corrected chi connectivity index (χ4v) is 5.06. The number of aryl methyl sites for hydroxylation is 3. The van der Waals surface area contributed by atoms with Crippen LogP contribution in [0.3, 0.4) is 0 Å². The number of likely N-dealkylation sites (tertiary alicyclic amines) is 1. The highest BCUT2D eigenvalue weighted by molar-refractivity contribution is 7.15. The minimum atomic E-state index is 0.0120. The maximum absolute atomic E-state index is 12.9. The molecule has 7 nitrogen and oxygen atoms in total. The lowest BCUT2D eigenvalue weighted by Gasteiger charge is -2.33. The normalized spacial score (nSPS) is 19.0. The van der Waals surface area contributed by atoms with Gasteiger partial charge in [0.2, 0.25) is 5.91 Å². The lowest BCUT2D eigenvalue weighted by molar-refractivity contribution is -0.133. The molecule has 2 atom stereocenters. The summed E-state index contributed by atoms with van der Waals surface area (Å²) < 4.78 is 4.02. The molecule has 1 aliphatic rings. The van der Waals surface area contributed by atoms with Gasteiger partial charge in [-0.3, -0.25) is 9.20 Å². The van der Waals surface area contributed by atoms with Gasteiger partial charge in [0.1, 0.15) is 22.3 Å². The van der Waals surface area contributed by atoms with E-state index in [9.17, 15) is 4.79 Å². The highest BCUT2D eigenvalue weighted by Crippen LogP contribution is 2.32. The smallest absolute Gasteiger partial charge is 0.224 e. The quantitative estimate of drug-likeness (QED) is 0.690. The minimum absolute atomic E-state index is 0.0120. The summed E-state index contributed by atoms with van der Waals surface area (Å²) in [6.07, 6.45) is 4.63. The fourth-order valence-electron chi connectivity index (χ4n) is 4.11. The number of carbonyl (C=O) groups excluding carboxylic acids is 1. The molecule has 4 heterocycles. The highest BCUT2D eigenvalue weighted by Gasteiger charge is 2.29. The van der Waals surface area contributed by atoms with E-state index < -0.39 is 0 Å². The van der Waals surface area contributed by atoms with Gasteiger partial charge in [0.25, 0.3) is 0 Å². The molecule has 3 aromatic rings. The SMILES string of the molecule is Cc1nc(C)n([C@@H](C)CC(=O)N2CCC[C@H](c3nc(C)n4ccsc34)C2)n1. The van der Waals surface area contributed by atoms with Crippen molar-refractivity contribution in [2.45, 2.75) is 58.9 Å². The summed E-state index contributed by atoms with van der Waals surface area (Å²) in [5, 5.41) is 6.53. The van der Waals surface area contributed by atoms with Gasteiger partial charge in [-0.25, -0.2) is 14.6 Å². The average molecular weight is 387 g/mol. The average Bonchev–Trinajstić information content (AvgIpc) is 3.32. The van der Waals surface area contributed by atoms with Crippen LogP contribution in [0.15, 0.2) is 11.6 Å². The van der Waals surface area contributed by atoms with Crippen LogP contribution in [0.1, 0.15) is 61.3 Å². The molecule has 1 aliphatic heterocycles. The van der Waals surface area contributed by atoms with Crippen LogP contribution in [-0.4, -0.2) is 48.0 Å². The van der Waals surface area contributed by atoms with Gasteiger partial charge in [0.05, 0.1) is 11.7 Å². The van der Waals surface area contributed by atoms with Gasteiger partial charge in [-0.1, -0.05) is 0 Å². The summed E-state index contributed by atoms with van der Waals surface area (Å²) in [5.41, 5.74) is 1.15. The summed E-state index contributed by atoms with van der Waals surface area (Å²) in [4.78, 5) is 25.3. The summed E-state index contributed by atoms with van der Waals surface area (Å²) in [5.74, 6) is 3.14. The first-order valence-corrected chi connectivity index (χ1v) is 10.4. The van der Waals surface area contributed by atoms with Crippen molar-refractivity contribution in [2.24, 2.45) is 0 Å². The van der Waals surface area contributed by atoms with E-state index in [-0.39, 0.29) is 11.9 Å². The number of thiazole rings is 1. The number of nitrogens with zero attached hydrogens (tertiary/aromatic N) is 6. The zero-order chi connectivity index (χ0) is 19.1. The molecule has 1 amide bonds. The van der Waals surface area contributed by atoms with Crippen molar-refractivity contribution in [3.05, 3.63) is 34.7 Å². The molecule has 8 heteroatoms. The summed E-state index contributed by atoms with van der Waals surface area (Å²) in [7, 11) is 0. The molecule has 0 aliphatic carbocycles. The Morgan fingerprint density at radius 3 is 2.85 bits per heavy atom. The van der Waals surface area contributed by atoms with Crippen LogP contribution in [0.2, 0.25) is 0 Å². The number of hydrogen-bond acceptors (Lipinski definition) is 5. The topological polar surface area (TPSA) is 68.3 Å². The van der Waals surface area contributed by atoms with E-state index in [0.717, 1.165) is 49.1 Å². The third-order valence-corrected chi connectivity index (χ3v) is 6.30. The van der Waals surface area contributed by atoms with Gasteiger partial charge >= 0.3 is 0 Å². The summed E-state index contributed by atoms with van der Waals surface area (Å²) in [6, 6.07) is 0.0120. The Balaban J connectivity index is 1.47. The Bertz CT molecular complexity index is 970. The molecular weight excluding hydrogens is 360 g/mol. The Labute approximate surface area is 163 Å². The van der Waals surface area contributed by atoms with Crippen molar-refractivity contribution in [2.75, 3.05) is 13.1 Å². The van der Waals surface area contributed by atoms with E-state index in [4.69, 9.17) is 4.98 Å².